The number of amides is 1. The fourth-order valence-corrected chi connectivity index (χ4v) is 4.78. The summed E-state index contributed by atoms with van der Waals surface area (Å²) in [5.74, 6) is 1.07. The maximum Gasteiger partial charge on any atom is 0.407 e. The van der Waals surface area contributed by atoms with E-state index in [1.165, 1.54) is 11.2 Å². The van der Waals surface area contributed by atoms with Gasteiger partial charge < -0.3 is 14.7 Å². The number of nitrogens with zero attached hydrogens (tertiary/aromatic N) is 1. The Morgan fingerprint density at radius 3 is 2.70 bits per heavy atom. The summed E-state index contributed by atoms with van der Waals surface area (Å²) in [7, 11) is -3.31. The monoisotopic (exact) mass is 387 g/mol. The van der Waals surface area contributed by atoms with Crippen molar-refractivity contribution in [2.24, 2.45) is 5.92 Å². The van der Waals surface area contributed by atoms with Gasteiger partial charge in [0.2, 0.25) is 0 Å². The van der Waals surface area contributed by atoms with E-state index in [1.807, 2.05) is 24.3 Å². The fourth-order valence-electron chi connectivity index (χ4n) is 4.11. The smallest absolute Gasteiger partial charge is 0.407 e. The van der Waals surface area contributed by atoms with E-state index in [-0.39, 0.29) is 16.7 Å². The number of sulfone groups is 1. The molecule has 1 amide bonds. The molecule has 0 radical (unpaired) electrons. The highest BCUT2D eigenvalue weighted by Gasteiger charge is 2.39. The number of fused-ring (bicyclic) bond motifs is 3. The summed E-state index contributed by atoms with van der Waals surface area (Å²) in [5, 5.41) is 9.36. The molecule has 2 heterocycles. The van der Waals surface area contributed by atoms with Gasteiger partial charge in [-0.15, -0.1) is 0 Å². The summed E-state index contributed by atoms with van der Waals surface area (Å²) in [4.78, 5) is 13.1. The van der Waals surface area contributed by atoms with E-state index in [0.29, 0.717) is 19.7 Å². The summed E-state index contributed by atoms with van der Waals surface area (Å²) in [5.41, 5.74) is 2.62. The Kier molecular flexibility index (Phi) is 4.34. The Labute approximate surface area is 158 Å². The Bertz CT molecular complexity index is 1000. The first-order valence-corrected chi connectivity index (χ1v) is 10.8. The standard InChI is InChI=1S/C20H21NO5S/c1-27(24,25)15-5-2-4-13(10-15)16-6-3-7-17-18-12-21(20(22)23)11-14(18)8-9-26-19(16)17/h2-7,10,14,18H,8-9,11-12H2,1H3,(H,22,23)/t14-,18-/m0/s1. The highest BCUT2D eigenvalue weighted by molar-refractivity contribution is 7.90. The van der Waals surface area contributed by atoms with E-state index in [2.05, 4.69) is 0 Å². The molecule has 142 valence electrons. The minimum atomic E-state index is -3.31. The number of hydrogen-bond acceptors (Lipinski definition) is 4. The third-order valence-electron chi connectivity index (χ3n) is 5.46. The van der Waals surface area contributed by atoms with Crippen LogP contribution in [0.15, 0.2) is 47.4 Å². The molecule has 0 aliphatic carbocycles. The van der Waals surface area contributed by atoms with Gasteiger partial charge >= 0.3 is 6.09 Å². The Morgan fingerprint density at radius 2 is 1.96 bits per heavy atom. The van der Waals surface area contributed by atoms with Crippen molar-refractivity contribution in [2.75, 3.05) is 26.0 Å². The van der Waals surface area contributed by atoms with Crippen molar-refractivity contribution in [3.8, 4) is 16.9 Å². The van der Waals surface area contributed by atoms with Crippen LogP contribution in [-0.2, 0) is 9.84 Å². The summed E-state index contributed by atoms with van der Waals surface area (Å²) in [6.45, 7) is 1.50. The van der Waals surface area contributed by atoms with Gasteiger partial charge in [-0.3, -0.25) is 0 Å². The minimum absolute atomic E-state index is 0.0941. The molecule has 1 N–H and O–H groups in total. The van der Waals surface area contributed by atoms with E-state index < -0.39 is 15.9 Å². The minimum Gasteiger partial charge on any atom is -0.493 e. The SMILES string of the molecule is CS(=O)(=O)c1cccc(-c2cccc3c2OCC[C@H]2CN(C(=O)O)C[C@H]32)c1. The molecular formula is C20H21NO5S. The van der Waals surface area contributed by atoms with Crippen LogP contribution in [0.2, 0.25) is 0 Å². The molecular weight excluding hydrogens is 366 g/mol. The van der Waals surface area contributed by atoms with Crippen LogP contribution in [0.25, 0.3) is 11.1 Å². The molecule has 4 rings (SSSR count). The van der Waals surface area contributed by atoms with Gasteiger partial charge in [-0.2, -0.15) is 0 Å². The summed E-state index contributed by atoms with van der Waals surface area (Å²) in [6.07, 6.45) is 1.10. The highest BCUT2D eigenvalue weighted by atomic mass is 32.2. The molecule has 0 saturated carbocycles. The Morgan fingerprint density at radius 1 is 1.19 bits per heavy atom. The number of rotatable bonds is 2. The van der Waals surface area contributed by atoms with Crippen LogP contribution in [0, 0.1) is 5.92 Å². The van der Waals surface area contributed by atoms with Crippen molar-refractivity contribution in [3.63, 3.8) is 0 Å². The average molecular weight is 387 g/mol. The number of para-hydroxylation sites is 1. The number of benzene rings is 2. The lowest BCUT2D eigenvalue weighted by Crippen LogP contribution is -2.27. The van der Waals surface area contributed by atoms with E-state index in [1.54, 1.807) is 18.2 Å². The zero-order chi connectivity index (χ0) is 19.2. The second-order valence-electron chi connectivity index (χ2n) is 7.22. The van der Waals surface area contributed by atoms with Crippen molar-refractivity contribution in [1.82, 2.24) is 4.90 Å². The maximum absolute atomic E-state index is 11.9. The molecule has 2 aromatic rings. The van der Waals surface area contributed by atoms with E-state index in [4.69, 9.17) is 4.74 Å². The largest absolute Gasteiger partial charge is 0.493 e. The molecule has 1 saturated heterocycles. The van der Waals surface area contributed by atoms with Crippen LogP contribution in [0.3, 0.4) is 0 Å². The lowest BCUT2D eigenvalue weighted by molar-refractivity contribution is 0.152. The molecule has 2 aliphatic rings. The van der Waals surface area contributed by atoms with Gasteiger partial charge in [0.15, 0.2) is 9.84 Å². The number of carboxylic acid groups (broad SMARTS) is 1. The topological polar surface area (TPSA) is 83.9 Å². The first-order valence-electron chi connectivity index (χ1n) is 8.88. The van der Waals surface area contributed by atoms with Gasteiger partial charge in [0.25, 0.3) is 0 Å². The van der Waals surface area contributed by atoms with Gasteiger partial charge in [0.1, 0.15) is 5.75 Å². The molecule has 27 heavy (non-hydrogen) atoms. The van der Waals surface area contributed by atoms with Gasteiger partial charge in [-0.1, -0.05) is 30.3 Å². The van der Waals surface area contributed by atoms with Gasteiger partial charge in [-0.25, -0.2) is 13.2 Å². The number of carbonyl (C=O) groups is 1. The summed E-state index contributed by atoms with van der Waals surface area (Å²) >= 11 is 0. The lowest BCUT2D eigenvalue weighted by atomic mass is 9.86. The van der Waals surface area contributed by atoms with Gasteiger partial charge in [0.05, 0.1) is 11.5 Å². The molecule has 2 atom stereocenters. The van der Waals surface area contributed by atoms with E-state index in [9.17, 15) is 18.3 Å². The first-order chi connectivity index (χ1) is 12.8. The molecule has 0 bridgehead atoms. The molecule has 6 nitrogen and oxygen atoms in total. The van der Waals surface area contributed by atoms with Crippen molar-refractivity contribution in [1.29, 1.82) is 0 Å². The second-order valence-corrected chi connectivity index (χ2v) is 9.23. The quantitative estimate of drug-likeness (QED) is 0.855. The van der Waals surface area contributed by atoms with Crippen molar-refractivity contribution in [3.05, 3.63) is 48.0 Å². The Hall–Kier alpha value is -2.54. The van der Waals surface area contributed by atoms with Crippen LogP contribution >= 0.6 is 0 Å². The molecule has 0 unspecified atom stereocenters. The predicted octanol–water partition coefficient (Wildman–Crippen LogP) is 3.23. The molecule has 0 aromatic heterocycles. The van der Waals surface area contributed by atoms with Crippen LogP contribution < -0.4 is 4.74 Å². The van der Waals surface area contributed by atoms with Gasteiger partial charge in [-0.05, 0) is 35.6 Å². The van der Waals surface area contributed by atoms with E-state index in [0.717, 1.165) is 28.9 Å². The van der Waals surface area contributed by atoms with E-state index >= 15 is 0 Å². The number of likely N-dealkylation sites (tertiary alicyclic amines) is 1. The van der Waals surface area contributed by atoms with Crippen molar-refractivity contribution >= 4 is 15.9 Å². The third kappa shape index (κ3) is 3.27. The van der Waals surface area contributed by atoms with Crippen LogP contribution in [0.4, 0.5) is 4.79 Å². The second kappa shape index (κ2) is 6.56. The predicted molar refractivity (Wildman–Crippen MR) is 101 cm³/mol. The highest BCUT2D eigenvalue weighted by Crippen LogP contribution is 2.45. The average Bonchev–Trinajstić information content (AvgIpc) is 2.98. The van der Waals surface area contributed by atoms with Crippen molar-refractivity contribution < 1.29 is 23.1 Å². The lowest BCUT2D eigenvalue weighted by Gasteiger charge is -2.18. The van der Waals surface area contributed by atoms with Crippen molar-refractivity contribution in [2.45, 2.75) is 17.2 Å². The number of ether oxygens (including phenoxy) is 1. The van der Waals surface area contributed by atoms with Crippen LogP contribution in [0.1, 0.15) is 17.9 Å². The Balaban J connectivity index is 1.80. The van der Waals surface area contributed by atoms with Crippen LogP contribution in [0.5, 0.6) is 5.75 Å². The number of hydrogen-bond donors (Lipinski definition) is 1. The van der Waals surface area contributed by atoms with Crippen LogP contribution in [-0.4, -0.2) is 50.5 Å². The summed E-state index contributed by atoms with van der Waals surface area (Å²) in [6, 6.07) is 12.7. The third-order valence-corrected chi connectivity index (χ3v) is 6.57. The maximum atomic E-state index is 11.9. The molecule has 2 aromatic carbocycles. The normalized spacial score (nSPS) is 21.7. The summed E-state index contributed by atoms with van der Waals surface area (Å²) < 4.78 is 29.9. The zero-order valence-corrected chi connectivity index (χ0v) is 15.8. The molecule has 7 heteroatoms. The fraction of sp³-hybridized carbons (Fsp3) is 0.350. The molecule has 2 aliphatic heterocycles. The molecule has 1 fully saturated rings. The molecule has 0 spiro atoms. The van der Waals surface area contributed by atoms with Gasteiger partial charge in [0, 0.05) is 30.8 Å². The zero-order valence-electron chi connectivity index (χ0n) is 15.0. The first kappa shape index (κ1) is 17.9.